The smallest absolute Gasteiger partial charge is 0.257 e. The lowest BCUT2D eigenvalue weighted by atomic mass is 10.2. The largest absolute Gasteiger partial charge is 0.322 e. The quantitative estimate of drug-likeness (QED) is 0.394. The van der Waals surface area contributed by atoms with E-state index in [4.69, 9.17) is 5.26 Å². The zero-order valence-electron chi connectivity index (χ0n) is 11.8. The molecule has 2 rings (SSSR count). The van der Waals surface area contributed by atoms with Crippen molar-refractivity contribution in [3.05, 3.63) is 54.4 Å². The van der Waals surface area contributed by atoms with Crippen molar-refractivity contribution in [2.75, 3.05) is 11.6 Å². The van der Waals surface area contributed by atoms with Crippen LogP contribution in [-0.2, 0) is 0 Å². The molecule has 0 saturated heterocycles. The molecule has 1 aromatic carbocycles. The first kappa shape index (κ1) is 15.5. The summed E-state index contributed by atoms with van der Waals surface area (Å²) in [6.07, 6.45) is 6.76. The molecule has 0 spiro atoms. The van der Waals surface area contributed by atoms with Crippen molar-refractivity contribution >= 4 is 34.2 Å². The third-order valence-electron chi connectivity index (χ3n) is 2.61. The number of amides is 1. The van der Waals surface area contributed by atoms with E-state index >= 15 is 0 Å². The summed E-state index contributed by atoms with van der Waals surface area (Å²) in [5.41, 5.74) is 1.73. The van der Waals surface area contributed by atoms with Gasteiger partial charge in [0.05, 0.1) is 11.3 Å². The minimum absolute atomic E-state index is 0.241. The molecule has 2 aromatic rings. The van der Waals surface area contributed by atoms with Crippen LogP contribution in [0, 0.1) is 11.5 Å². The van der Waals surface area contributed by atoms with Gasteiger partial charge in [0.2, 0.25) is 0 Å². The number of aliphatic imine (C=N–C) groups is 1. The lowest BCUT2D eigenvalue weighted by molar-refractivity contribution is 0.102. The summed E-state index contributed by atoms with van der Waals surface area (Å²) in [6, 6.07) is 10.4. The maximum Gasteiger partial charge on any atom is 0.257 e. The van der Waals surface area contributed by atoms with Crippen LogP contribution in [0.4, 0.5) is 11.4 Å². The van der Waals surface area contributed by atoms with Crippen LogP contribution in [0.5, 0.6) is 0 Å². The molecule has 22 heavy (non-hydrogen) atoms. The van der Waals surface area contributed by atoms with Crippen molar-refractivity contribution in [2.24, 2.45) is 4.99 Å². The first-order valence-corrected chi connectivity index (χ1v) is 7.54. The van der Waals surface area contributed by atoms with Gasteiger partial charge in [-0.1, -0.05) is 17.8 Å². The van der Waals surface area contributed by atoms with E-state index in [1.165, 1.54) is 18.0 Å². The van der Waals surface area contributed by atoms with Gasteiger partial charge in [-0.2, -0.15) is 5.26 Å². The number of nitriles is 1. The summed E-state index contributed by atoms with van der Waals surface area (Å²) < 4.78 is 0. The highest BCUT2D eigenvalue weighted by Gasteiger charge is 2.06. The van der Waals surface area contributed by atoms with E-state index in [9.17, 15) is 4.79 Å². The van der Waals surface area contributed by atoms with Crippen LogP contribution >= 0.6 is 11.8 Å². The lowest BCUT2D eigenvalue weighted by Crippen LogP contribution is -2.13. The zero-order valence-corrected chi connectivity index (χ0v) is 12.6. The van der Waals surface area contributed by atoms with Gasteiger partial charge in [0.15, 0.2) is 11.4 Å². The Morgan fingerprint density at radius 1 is 1.36 bits per heavy atom. The predicted octanol–water partition coefficient (Wildman–Crippen LogP) is 2.76. The molecule has 2 N–H and O–H groups in total. The Morgan fingerprint density at radius 2 is 2.23 bits per heavy atom. The number of hydrogen-bond acceptors (Lipinski definition) is 5. The third-order valence-corrected chi connectivity index (χ3v) is 3.19. The number of nitrogens with zero attached hydrogens (tertiary/aromatic N) is 3. The van der Waals surface area contributed by atoms with Gasteiger partial charge in [0.1, 0.15) is 0 Å². The molecular formula is C15H13N5OS. The van der Waals surface area contributed by atoms with Gasteiger partial charge in [-0.15, -0.1) is 0 Å². The first-order valence-electron chi connectivity index (χ1n) is 6.32. The van der Waals surface area contributed by atoms with Crippen LogP contribution in [0.3, 0.4) is 0 Å². The second-order valence-corrected chi connectivity index (χ2v) is 4.90. The fourth-order valence-electron chi connectivity index (χ4n) is 1.64. The molecule has 1 amide bonds. The van der Waals surface area contributed by atoms with Gasteiger partial charge in [0.25, 0.3) is 5.91 Å². The van der Waals surface area contributed by atoms with Gasteiger partial charge in [0, 0.05) is 18.1 Å². The van der Waals surface area contributed by atoms with Crippen molar-refractivity contribution in [3.63, 3.8) is 0 Å². The number of carbonyl (C=O) groups is 1. The molecule has 1 aromatic heterocycles. The van der Waals surface area contributed by atoms with Crippen molar-refractivity contribution < 1.29 is 4.79 Å². The van der Waals surface area contributed by atoms with E-state index < -0.39 is 0 Å². The average Bonchev–Trinajstić information content (AvgIpc) is 2.55. The number of pyridine rings is 1. The van der Waals surface area contributed by atoms with E-state index in [1.54, 1.807) is 42.6 Å². The zero-order chi connectivity index (χ0) is 15.8. The van der Waals surface area contributed by atoms with Crippen LogP contribution in [0.1, 0.15) is 10.4 Å². The lowest BCUT2D eigenvalue weighted by Gasteiger charge is -2.06. The van der Waals surface area contributed by atoms with Crippen molar-refractivity contribution in [1.82, 2.24) is 10.3 Å². The standard InChI is InChI=1S/C15H13N5OS/c1-22-15(18-10-16)20-13-6-2-5-12(8-13)19-14(21)11-4-3-7-17-9-11/h2-9H,1H3,(H,18,20)(H,19,21). The van der Waals surface area contributed by atoms with E-state index in [-0.39, 0.29) is 5.91 Å². The summed E-state index contributed by atoms with van der Waals surface area (Å²) in [4.78, 5) is 20.3. The van der Waals surface area contributed by atoms with Crippen LogP contribution in [0.25, 0.3) is 0 Å². The second kappa shape index (κ2) is 7.81. The highest BCUT2D eigenvalue weighted by molar-refractivity contribution is 8.13. The van der Waals surface area contributed by atoms with E-state index in [1.807, 2.05) is 12.4 Å². The van der Waals surface area contributed by atoms with Gasteiger partial charge >= 0.3 is 0 Å². The Bertz CT molecular complexity index is 724. The van der Waals surface area contributed by atoms with Crippen molar-refractivity contribution in [1.29, 1.82) is 5.26 Å². The monoisotopic (exact) mass is 311 g/mol. The molecular weight excluding hydrogens is 298 g/mol. The second-order valence-electron chi connectivity index (χ2n) is 4.10. The first-order chi connectivity index (χ1) is 10.7. The number of benzene rings is 1. The molecule has 0 unspecified atom stereocenters. The highest BCUT2D eigenvalue weighted by Crippen LogP contribution is 2.19. The molecule has 1 heterocycles. The molecule has 0 aliphatic rings. The molecule has 0 saturated carbocycles. The minimum Gasteiger partial charge on any atom is -0.322 e. The molecule has 7 heteroatoms. The SMILES string of the molecule is CSC(=Nc1cccc(NC(=O)c2cccnc2)c1)NC#N. The average molecular weight is 311 g/mol. The van der Waals surface area contributed by atoms with Gasteiger partial charge in [-0.05, 0) is 36.6 Å². The minimum atomic E-state index is -0.241. The summed E-state index contributed by atoms with van der Waals surface area (Å²) in [5.74, 6) is -0.241. The highest BCUT2D eigenvalue weighted by atomic mass is 32.2. The van der Waals surface area contributed by atoms with E-state index in [2.05, 4.69) is 20.6 Å². The Balaban J connectivity index is 2.15. The summed E-state index contributed by atoms with van der Waals surface area (Å²) in [6.45, 7) is 0. The number of amidine groups is 1. The normalized spacial score (nSPS) is 10.6. The number of thioether (sulfide) groups is 1. The van der Waals surface area contributed by atoms with Crippen LogP contribution in [0.15, 0.2) is 53.8 Å². The molecule has 0 aliphatic heterocycles. The number of aromatic nitrogens is 1. The maximum absolute atomic E-state index is 12.1. The number of anilines is 1. The topological polar surface area (TPSA) is 90.2 Å². The Labute approximate surface area is 132 Å². The molecule has 0 aliphatic carbocycles. The fraction of sp³-hybridized carbons (Fsp3) is 0.0667. The van der Waals surface area contributed by atoms with Gasteiger partial charge in [-0.3, -0.25) is 15.1 Å². The number of carbonyl (C=O) groups excluding carboxylic acids is 1. The van der Waals surface area contributed by atoms with Crippen molar-refractivity contribution in [3.8, 4) is 6.19 Å². The maximum atomic E-state index is 12.1. The molecule has 110 valence electrons. The fourth-order valence-corrected chi connectivity index (χ4v) is 1.99. The Kier molecular flexibility index (Phi) is 5.51. The molecule has 6 nitrogen and oxygen atoms in total. The van der Waals surface area contributed by atoms with E-state index in [0.29, 0.717) is 22.1 Å². The summed E-state index contributed by atoms with van der Waals surface area (Å²) in [7, 11) is 0. The van der Waals surface area contributed by atoms with Crippen LogP contribution in [0.2, 0.25) is 0 Å². The molecule has 0 atom stereocenters. The van der Waals surface area contributed by atoms with Gasteiger partial charge < -0.3 is 5.32 Å². The van der Waals surface area contributed by atoms with Crippen LogP contribution < -0.4 is 10.6 Å². The third kappa shape index (κ3) is 4.33. The number of hydrogen-bond donors (Lipinski definition) is 2. The van der Waals surface area contributed by atoms with Crippen LogP contribution in [-0.4, -0.2) is 22.3 Å². The molecule has 0 radical (unpaired) electrons. The summed E-state index contributed by atoms with van der Waals surface area (Å²) in [5, 5.41) is 14.4. The Hall–Kier alpha value is -2.85. The van der Waals surface area contributed by atoms with Gasteiger partial charge in [-0.25, -0.2) is 4.99 Å². The molecule has 0 bridgehead atoms. The predicted molar refractivity (Wildman–Crippen MR) is 88.0 cm³/mol. The van der Waals surface area contributed by atoms with Crippen molar-refractivity contribution in [2.45, 2.75) is 0 Å². The summed E-state index contributed by atoms with van der Waals surface area (Å²) >= 11 is 1.33. The van der Waals surface area contributed by atoms with E-state index in [0.717, 1.165) is 0 Å². The number of rotatable bonds is 3. The Morgan fingerprint density at radius 3 is 2.91 bits per heavy atom. The molecule has 0 fully saturated rings. The number of nitrogens with one attached hydrogen (secondary N) is 2.